The number of thiophene rings is 1. The van der Waals surface area contributed by atoms with Gasteiger partial charge in [0, 0.05) is 11.4 Å². The van der Waals surface area contributed by atoms with Crippen molar-refractivity contribution in [2.45, 2.75) is 32.6 Å². The van der Waals surface area contributed by atoms with Crippen LogP contribution < -0.4 is 14.8 Å². The predicted molar refractivity (Wildman–Crippen MR) is 94.1 cm³/mol. The summed E-state index contributed by atoms with van der Waals surface area (Å²) in [4.78, 5) is 14.6. The summed E-state index contributed by atoms with van der Waals surface area (Å²) in [6, 6.07) is 8.02. The number of carbonyl (C=O) groups is 1. The van der Waals surface area contributed by atoms with E-state index in [2.05, 4.69) is 18.3 Å². The first kappa shape index (κ1) is 15.5. The van der Waals surface area contributed by atoms with Crippen LogP contribution in [-0.4, -0.2) is 19.2 Å². The zero-order chi connectivity index (χ0) is 16.5. The minimum absolute atomic E-state index is 0.0443. The molecule has 0 saturated heterocycles. The maximum atomic E-state index is 12.4. The van der Waals surface area contributed by atoms with E-state index in [1.165, 1.54) is 16.9 Å². The second-order valence-electron chi connectivity index (χ2n) is 6.60. The molecule has 2 heterocycles. The molecule has 1 amide bonds. The van der Waals surface area contributed by atoms with E-state index < -0.39 is 0 Å². The summed E-state index contributed by atoms with van der Waals surface area (Å²) in [6.07, 6.45) is 4.24. The number of ether oxygens (including phenoxy) is 2. The van der Waals surface area contributed by atoms with Crippen molar-refractivity contribution in [2.24, 2.45) is 5.92 Å². The normalized spacial score (nSPS) is 18.3. The molecule has 1 aliphatic carbocycles. The Bertz CT molecular complexity index is 768. The molecule has 0 unspecified atom stereocenters. The topological polar surface area (TPSA) is 47.6 Å². The Labute approximate surface area is 145 Å². The molecule has 0 radical (unpaired) electrons. The van der Waals surface area contributed by atoms with E-state index in [1.54, 1.807) is 11.3 Å². The summed E-state index contributed by atoms with van der Waals surface area (Å²) in [7, 11) is 0. The number of fused-ring (bicyclic) bond motifs is 2. The summed E-state index contributed by atoms with van der Waals surface area (Å²) in [5, 5.41) is 3.03. The van der Waals surface area contributed by atoms with E-state index in [1.807, 2.05) is 18.2 Å². The van der Waals surface area contributed by atoms with Gasteiger partial charge in [-0.15, -0.1) is 11.3 Å². The van der Waals surface area contributed by atoms with Gasteiger partial charge in [-0.1, -0.05) is 13.0 Å². The molecule has 126 valence electrons. The zero-order valence-corrected chi connectivity index (χ0v) is 14.6. The van der Waals surface area contributed by atoms with Crippen LogP contribution in [0.1, 0.15) is 39.0 Å². The standard InChI is InChI=1S/C19H21NO3S/c1-12-2-5-17-14(8-12)10-18(24-17)19(21)20-7-6-13-3-4-15-16(9-13)23-11-22-15/h3-4,9-10,12H,2,5-8,11H2,1H3,(H,20,21)/t12-/m1/s1. The van der Waals surface area contributed by atoms with Crippen LogP contribution in [0, 0.1) is 5.92 Å². The third-order valence-corrected chi connectivity index (χ3v) is 5.93. The van der Waals surface area contributed by atoms with E-state index >= 15 is 0 Å². The predicted octanol–water partition coefficient (Wildman–Crippen LogP) is 3.57. The Morgan fingerprint density at radius 2 is 2.17 bits per heavy atom. The van der Waals surface area contributed by atoms with Crippen LogP contribution in [0.25, 0.3) is 0 Å². The molecular weight excluding hydrogens is 322 g/mol. The molecule has 1 atom stereocenters. The highest BCUT2D eigenvalue weighted by Gasteiger charge is 2.20. The van der Waals surface area contributed by atoms with E-state index in [0.717, 1.165) is 47.1 Å². The lowest BCUT2D eigenvalue weighted by atomic mass is 9.90. The van der Waals surface area contributed by atoms with Crippen molar-refractivity contribution in [3.63, 3.8) is 0 Å². The van der Waals surface area contributed by atoms with Gasteiger partial charge in [-0.05, 0) is 60.9 Å². The molecular formula is C19H21NO3S. The van der Waals surface area contributed by atoms with E-state index in [4.69, 9.17) is 9.47 Å². The van der Waals surface area contributed by atoms with Crippen molar-refractivity contribution in [3.8, 4) is 11.5 Å². The number of hydrogen-bond donors (Lipinski definition) is 1. The van der Waals surface area contributed by atoms with Crippen LogP contribution in [0.5, 0.6) is 11.5 Å². The molecule has 0 saturated carbocycles. The van der Waals surface area contributed by atoms with E-state index in [-0.39, 0.29) is 12.7 Å². The number of amides is 1. The zero-order valence-electron chi connectivity index (χ0n) is 13.8. The highest BCUT2D eigenvalue weighted by atomic mass is 32.1. The van der Waals surface area contributed by atoms with Gasteiger partial charge in [-0.25, -0.2) is 0 Å². The number of hydrogen-bond acceptors (Lipinski definition) is 4. The number of carbonyl (C=O) groups excluding carboxylic acids is 1. The largest absolute Gasteiger partial charge is 0.454 e. The smallest absolute Gasteiger partial charge is 0.261 e. The average molecular weight is 343 g/mol. The molecule has 0 spiro atoms. The summed E-state index contributed by atoms with van der Waals surface area (Å²) >= 11 is 1.66. The van der Waals surface area contributed by atoms with Crippen molar-refractivity contribution in [3.05, 3.63) is 45.1 Å². The number of nitrogens with one attached hydrogen (secondary N) is 1. The second-order valence-corrected chi connectivity index (χ2v) is 7.74. The monoisotopic (exact) mass is 343 g/mol. The highest BCUT2D eigenvalue weighted by molar-refractivity contribution is 7.14. The average Bonchev–Trinajstić information content (AvgIpc) is 3.20. The van der Waals surface area contributed by atoms with Gasteiger partial charge in [-0.2, -0.15) is 0 Å². The van der Waals surface area contributed by atoms with Crippen molar-refractivity contribution < 1.29 is 14.3 Å². The molecule has 0 fully saturated rings. The van der Waals surface area contributed by atoms with Gasteiger partial charge in [0.25, 0.3) is 5.91 Å². The summed E-state index contributed by atoms with van der Waals surface area (Å²) in [5.41, 5.74) is 2.51. The van der Waals surface area contributed by atoms with Crippen molar-refractivity contribution in [2.75, 3.05) is 13.3 Å². The van der Waals surface area contributed by atoms with Crippen LogP contribution in [0.15, 0.2) is 24.3 Å². The molecule has 0 bridgehead atoms. The first-order chi connectivity index (χ1) is 11.7. The fourth-order valence-electron chi connectivity index (χ4n) is 3.32. The maximum absolute atomic E-state index is 12.4. The quantitative estimate of drug-likeness (QED) is 0.923. The molecule has 4 nitrogen and oxygen atoms in total. The third-order valence-electron chi connectivity index (χ3n) is 4.69. The lowest BCUT2D eigenvalue weighted by molar-refractivity contribution is 0.0958. The number of rotatable bonds is 4. The fraction of sp³-hybridized carbons (Fsp3) is 0.421. The van der Waals surface area contributed by atoms with Crippen molar-refractivity contribution in [1.29, 1.82) is 0 Å². The lowest BCUT2D eigenvalue weighted by Gasteiger charge is -2.16. The molecule has 2 aliphatic rings. The highest BCUT2D eigenvalue weighted by Crippen LogP contribution is 2.33. The SMILES string of the molecule is C[C@@H]1CCc2sc(C(=O)NCCc3ccc4c(c3)OCO4)cc2C1. The maximum Gasteiger partial charge on any atom is 0.261 e. The van der Waals surface area contributed by atoms with Gasteiger partial charge in [-0.3, -0.25) is 4.79 Å². The number of benzene rings is 1. The molecule has 24 heavy (non-hydrogen) atoms. The van der Waals surface area contributed by atoms with Crippen LogP contribution in [0.2, 0.25) is 0 Å². The first-order valence-corrected chi connectivity index (χ1v) is 9.29. The van der Waals surface area contributed by atoms with Crippen LogP contribution in [0.4, 0.5) is 0 Å². The van der Waals surface area contributed by atoms with Gasteiger partial charge >= 0.3 is 0 Å². The molecule has 1 aromatic heterocycles. The van der Waals surface area contributed by atoms with Crippen LogP contribution in [0.3, 0.4) is 0 Å². The first-order valence-electron chi connectivity index (χ1n) is 8.47. The lowest BCUT2D eigenvalue weighted by Crippen LogP contribution is -2.24. The van der Waals surface area contributed by atoms with Gasteiger partial charge in [0.2, 0.25) is 6.79 Å². The summed E-state index contributed by atoms with van der Waals surface area (Å²) in [5.74, 6) is 2.36. The Kier molecular flexibility index (Phi) is 4.19. The molecule has 2 aromatic rings. The Morgan fingerprint density at radius 3 is 3.08 bits per heavy atom. The minimum Gasteiger partial charge on any atom is -0.454 e. The van der Waals surface area contributed by atoms with Crippen molar-refractivity contribution in [1.82, 2.24) is 5.32 Å². The Morgan fingerprint density at radius 1 is 1.29 bits per heavy atom. The number of aryl methyl sites for hydroxylation is 1. The minimum atomic E-state index is 0.0443. The van der Waals surface area contributed by atoms with E-state index in [0.29, 0.717) is 6.54 Å². The molecule has 1 aromatic carbocycles. The van der Waals surface area contributed by atoms with Gasteiger partial charge < -0.3 is 14.8 Å². The van der Waals surface area contributed by atoms with E-state index in [9.17, 15) is 4.79 Å². The van der Waals surface area contributed by atoms with Crippen LogP contribution >= 0.6 is 11.3 Å². The molecule has 5 heteroatoms. The van der Waals surface area contributed by atoms with Gasteiger partial charge in [0.05, 0.1) is 4.88 Å². The van der Waals surface area contributed by atoms with Gasteiger partial charge in [0.15, 0.2) is 11.5 Å². The fourth-order valence-corrected chi connectivity index (χ4v) is 4.45. The molecule has 4 rings (SSSR count). The van der Waals surface area contributed by atoms with Crippen molar-refractivity contribution >= 4 is 17.2 Å². The second kappa shape index (κ2) is 6.48. The molecule has 1 aliphatic heterocycles. The Hall–Kier alpha value is -2.01. The summed E-state index contributed by atoms with van der Waals surface area (Å²) in [6.45, 7) is 3.19. The summed E-state index contributed by atoms with van der Waals surface area (Å²) < 4.78 is 10.7. The molecule has 1 N–H and O–H groups in total. The van der Waals surface area contributed by atoms with Gasteiger partial charge in [0.1, 0.15) is 0 Å². The Balaban J connectivity index is 1.34. The third kappa shape index (κ3) is 3.13. The van der Waals surface area contributed by atoms with Crippen LogP contribution in [-0.2, 0) is 19.3 Å².